The van der Waals surface area contributed by atoms with E-state index in [0.717, 1.165) is 36.5 Å². The van der Waals surface area contributed by atoms with E-state index in [2.05, 4.69) is 30.4 Å². The number of nitrogens with zero attached hydrogens (tertiary/aromatic N) is 1. The molecule has 0 radical (unpaired) electrons. The minimum Gasteiger partial charge on any atom is -0.489 e. The smallest absolute Gasteiger partial charge is 0.124 e. The number of para-hydroxylation sites is 1. The van der Waals surface area contributed by atoms with Gasteiger partial charge >= 0.3 is 0 Å². The van der Waals surface area contributed by atoms with Gasteiger partial charge < -0.3 is 15.0 Å². The van der Waals surface area contributed by atoms with Crippen molar-refractivity contribution in [1.82, 2.24) is 10.2 Å². The first-order valence-corrected chi connectivity index (χ1v) is 8.32. The Labute approximate surface area is 148 Å². The van der Waals surface area contributed by atoms with Gasteiger partial charge in [-0.1, -0.05) is 47.5 Å². The molecule has 2 rings (SSSR count). The molecule has 0 amide bonds. The van der Waals surface area contributed by atoms with Gasteiger partial charge in [-0.25, -0.2) is 0 Å². The molecule has 0 aliphatic heterocycles. The Hall–Kier alpha value is -1.26. The van der Waals surface area contributed by atoms with Crippen LogP contribution in [0.5, 0.6) is 5.75 Å². The summed E-state index contributed by atoms with van der Waals surface area (Å²) in [6.07, 6.45) is 0. The zero-order chi connectivity index (χ0) is 16.7. The van der Waals surface area contributed by atoms with Gasteiger partial charge in [-0.05, 0) is 37.9 Å². The molecule has 2 aromatic carbocycles. The summed E-state index contributed by atoms with van der Waals surface area (Å²) in [4.78, 5) is 2.15. The minimum absolute atomic E-state index is 0.464. The van der Waals surface area contributed by atoms with Crippen LogP contribution in [0.25, 0.3) is 0 Å². The van der Waals surface area contributed by atoms with Crippen molar-refractivity contribution >= 4 is 23.2 Å². The number of hydrogen-bond acceptors (Lipinski definition) is 3. The van der Waals surface area contributed by atoms with Gasteiger partial charge in [0.15, 0.2) is 0 Å². The number of ether oxygens (including phenoxy) is 1. The summed E-state index contributed by atoms with van der Waals surface area (Å²) in [6.45, 7) is 3.19. The maximum absolute atomic E-state index is 6.04. The first-order valence-electron chi connectivity index (χ1n) is 7.56. The van der Waals surface area contributed by atoms with Gasteiger partial charge in [0.2, 0.25) is 0 Å². The SMILES string of the molecule is CN(C)CCNCc1ccccc1OCc1ccc(Cl)c(Cl)c1. The van der Waals surface area contributed by atoms with Crippen LogP contribution in [0.1, 0.15) is 11.1 Å². The maximum atomic E-state index is 6.04. The predicted molar refractivity (Wildman–Crippen MR) is 97.5 cm³/mol. The van der Waals surface area contributed by atoms with Gasteiger partial charge in [-0.3, -0.25) is 0 Å². The van der Waals surface area contributed by atoms with Gasteiger partial charge in [0.25, 0.3) is 0 Å². The highest BCUT2D eigenvalue weighted by Crippen LogP contribution is 2.24. The normalized spacial score (nSPS) is 11.0. The van der Waals surface area contributed by atoms with E-state index < -0.39 is 0 Å². The fourth-order valence-electron chi connectivity index (χ4n) is 2.11. The highest BCUT2D eigenvalue weighted by Gasteiger charge is 2.05. The largest absolute Gasteiger partial charge is 0.489 e. The molecule has 0 saturated heterocycles. The van der Waals surface area contributed by atoms with E-state index in [1.807, 2.05) is 30.3 Å². The molecule has 3 nitrogen and oxygen atoms in total. The number of benzene rings is 2. The number of halogens is 2. The highest BCUT2D eigenvalue weighted by atomic mass is 35.5. The van der Waals surface area contributed by atoms with Crippen molar-refractivity contribution in [2.45, 2.75) is 13.2 Å². The van der Waals surface area contributed by atoms with E-state index in [-0.39, 0.29) is 0 Å². The van der Waals surface area contributed by atoms with Crippen molar-refractivity contribution in [3.8, 4) is 5.75 Å². The van der Waals surface area contributed by atoms with E-state index in [4.69, 9.17) is 27.9 Å². The third-order valence-corrected chi connectivity index (χ3v) is 4.14. The van der Waals surface area contributed by atoms with E-state index in [9.17, 15) is 0 Å². The molecule has 0 unspecified atom stereocenters. The summed E-state index contributed by atoms with van der Waals surface area (Å²) in [7, 11) is 4.13. The second-order valence-corrected chi connectivity index (χ2v) is 6.44. The van der Waals surface area contributed by atoms with E-state index in [0.29, 0.717) is 16.7 Å². The summed E-state index contributed by atoms with van der Waals surface area (Å²) in [6, 6.07) is 13.6. The quantitative estimate of drug-likeness (QED) is 0.719. The molecule has 0 atom stereocenters. The number of hydrogen-bond donors (Lipinski definition) is 1. The van der Waals surface area contributed by atoms with Gasteiger partial charge in [0.1, 0.15) is 12.4 Å². The van der Waals surface area contributed by atoms with Crippen molar-refractivity contribution in [2.75, 3.05) is 27.2 Å². The Morgan fingerprint density at radius 2 is 1.83 bits per heavy atom. The lowest BCUT2D eigenvalue weighted by Crippen LogP contribution is -2.26. The molecule has 0 aliphatic rings. The summed E-state index contributed by atoms with van der Waals surface area (Å²) in [5.41, 5.74) is 2.14. The van der Waals surface area contributed by atoms with Crippen molar-refractivity contribution in [2.24, 2.45) is 0 Å². The van der Waals surface area contributed by atoms with Crippen molar-refractivity contribution in [3.05, 3.63) is 63.6 Å². The molecule has 23 heavy (non-hydrogen) atoms. The Morgan fingerprint density at radius 3 is 2.57 bits per heavy atom. The molecule has 124 valence electrons. The molecule has 0 bridgehead atoms. The van der Waals surface area contributed by atoms with Gasteiger partial charge in [0, 0.05) is 25.2 Å². The molecule has 0 spiro atoms. The van der Waals surface area contributed by atoms with E-state index in [1.54, 1.807) is 6.07 Å². The molecule has 0 aromatic heterocycles. The van der Waals surface area contributed by atoms with Crippen LogP contribution in [0.2, 0.25) is 10.0 Å². The molecular weight excluding hydrogens is 331 g/mol. The fraction of sp³-hybridized carbons (Fsp3) is 0.333. The topological polar surface area (TPSA) is 24.5 Å². The van der Waals surface area contributed by atoms with Gasteiger partial charge in [0.05, 0.1) is 10.0 Å². The fourth-order valence-corrected chi connectivity index (χ4v) is 2.43. The monoisotopic (exact) mass is 352 g/mol. The lowest BCUT2D eigenvalue weighted by Gasteiger charge is -2.14. The molecular formula is C18H22Cl2N2O. The average Bonchev–Trinajstić information content (AvgIpc) is 2.53. The molecule has 1 N–H and O–H groups in total. The third kappa shape index (κ3) is 6.04. The van der Waals surface area contributed by atoms with Crippen molar-refractivity contribution < 1.29 is 4.74 Å². The van der Waals surface area contributed by atoms with Gasteiger partial charge in [-0.15, -0.1) is 0 Å². The lowest BCUT2D eigenvalue weighted by molar-refractivity contribution is 0.302. The van der Waals surface area contributed by atoms with Crippen LogP contribution in [0, 0.1) is 0 Å². The first kappa shape index (κ1) is 18.1. The Kier molecular flexibility index (Phi) is 7.18. The zero-order valence-electron chi connectivity index (χ0n) is 13.5. The summed E-state index contributed by atoms with van der Waals surface area (Å²) < 4.78 is 5.94. The minimum atomic E-state index is 0.464. The second kappa shape index (κ2) is 9.14. The Morgan fingerprint density at radius 1 is 1.04 bits per heavy atom. The second-order valence-electron chi connectivity index (χ2n) is 5.62. The van der Waals surface area contributed by atoms with Crippen LogP contribution in [0.3, 0.4) is 0 Å². The third-order valence-electron chi connectivity index (χ3n) is 3.40. The number of nitrogens with one attached hydrogen (secondary N) is 1. The standard InChI is InChI=1S/C18H22Cl2N2O/c1-22(2)10-9-21-12-15-5-3-4-6-18(15)23-13-14-7-8-16(19)17(20)11-14/h3-8,11,21H,9-10,12-13H2,1-2H3. The van der Waals surface area contributed by atoms with Crippen LogP contribution in [-0.4, -0.2) is 32.1 Å². The molecule has 0 saturated carbocycles. The highest BCUT2D eigenvalue weighted by molar-refractivity contribution is 6.42. The Bertz CT molecular complexity index is 632. The molecule has 2 aromatic rings. The van der Waals surface area contributed by atoms with Crippen LogP contribution in [-0.2, 0) is 13.2 Å². The predicted octanol–water partition coefficient (Wildman–Crippen LogP) is 4.22. The molecule has 0 fully saturated rings. The molecule has 0 heterocycles. The summed E-state index contributed by atoms with van der Waals surface area (Å²) >= 11 is 12.0. The average molecular weight is 353 g/mol. The zero-order valence-corrected chi connectivity index (χ0v) is 15.0. The lowest BCUT2D eigenvalue weighted by atomic mass is 10.2. The van der Waals surface area contributed by atoms with Gasteiger partial charge in [-0.2, -0.15) is 0 Å². The van der Waals surface area contributed by atoms with Crippen LogP contribution in [0.15, 0.2) is 42.5 Å². The maximum Gasteiger partial charge on any atom is 0.124 e. The summed E-state index contributed by atoms with van der Waals surface area (Å²) in [5.74, 6) is 0.885. The van der Waals surface area contributed by atoms with Crippen LogP contribution >= 0.6 is 23.2 Å². The summed E-state index contributed by atoms with van der Waals surface area (Å²) in [5, 5.41) is 4.53. The Balaban J connectivity index is 1.93. The van der Waals surface area contributed by atoms with E-state index >= 15 is 0 Å². The number of likely N-dealkylation sites (N-methyl/N-ethyl adjacent to an activating group) is 1. The van der Waals surface area contributed by atoms with E-state index in [1.165, 1.54) is 0 Å². The van der Waals surface area contributed by atoms with Crippen molar-refractivity contribution in [1.29, 1.82) is 0 Å². The van der Waals surface area contributed by atoms with Crippen LogP contribution < -0.4 is 10.1 Å². The molecule has 5 heteroatoms. The number of rotatable bonds is 8. The van der Waals surface area contributed by atoms with Crippen molar-refractivity contribution in [3.63, 3.8) is 0 Å². The first-order chi connectivity index (χ1) is 11.1. The van der Waals surface area contributed by atoms with Crippen LogP contribution in [0.4, 0.5) is 0 Å². The molecule has 0 aliphatic carbocycles.